The van der Waals surface area contributed by atoms with Gasteiger partial charge in [-0.3, -0.25) is 9.05 Å². The number of aromatic nitrogens is 3. The van der Waals surface area contributed by atoms with Crippen LogP contribution in [-0.4, -0.2) is 74.4 Å². The van der Waals surface area contributed by atoms with Crippen molar-refractivity contribution in [3.8, 4) is 6.07 Å². The zero-order valence-electron chi connectivity index (χ0n) is 22.4. The highest BCUT2D eigenvalue weighted by atomic mass is 31.2. The topological polar surface area (TPSA) is 195 Å². The molecule has 1 aliphatic heterocycles. The van der Waals surface area contributed by atoms with Gasteiger partial charge in [-0.05, 0) is 18.6 Å². The number of nitrogens with zero attached hydrogens (tertiary/aromatic N) is 4. The molecule has 0 radical (unpaired) electrons. The van der Waals surface area contributed by atoms with Crippen LogP contribution in [0.15, 0.2) is 18.5 Å². The zero-order chi connectivity index (χ0) is 28.3. The van der Waals surface area contributed by atoms with Crippen molar-refractivity contribution in [2.24, 2.45) is 0 Å². The van der Waals surface area contributed by atoms with Crippen LogP contribution in [0, 0.1) is 11.3 Å². The Morgan fingerprint density at radius 1 is 1.10 bits per heavy atom. The minimum Gasteiger partial charge on any atom is -0.387 e. The molecular formula is C25H40N5O8P. The highest BCUT2D eigenvalue weighted by molar-refractivity contribution is 7.47. The first-order valence-corrected chi connectivity index (χ1v) is 15.0. The molecule has 1 aliphatic rings. The average molecular weight is 570 g/mol. The highest BCUT2D eigenvalue weighted by Gasteiger charge is 2.57. The monoisotopic (exact) mass is 569 g/mol. The summed E-state index contributed by atoms with van der Waals surface area (Å²) >= 11 is 0. The summed E-state index contributed by atoms with van der Waals surface area (Å²) in [5.41, 5.74) is 4.28. The number of hydrogen-bond acceptors (Lipinski definition) is 11. The number of phosphoric acid groups is 1. The number of rotatable bonds is 18. The number of nitrogen functional groups attached to an aromatic ring is 1. The number of phosphoric ester groups is 1. The molecule has 0 aromatic carbocycles. The molecular weight excluding hydrogens is 529 g/mol. The molecule has 2 aromatic rings. The second kappa shape index (κ2) is 15.0. The minimum absolute atomic E-state index is 0.107. The first-order chi connectivity index (χ1) is 18.8. The quantitative estimate of drug-likeness (QED) is 0.152. The van der Waals surface area contributed by atoms with Gasteiger partial charge < -0.3 is 30.3 Å². The molecule has 0 amide bonds. The summed E-state index contributed by atoms with van der Waals surface area (Å²) in [5, 5.41) is 35.2. The van der Waals surface area contributed by atoms with Gasteiger partial charge in [-0.25, -0.2) is 14.1 Å². The Bertz CT molecular complexity index is 1130. The number of fused-ring (bicyclic) bond motifs is 1. The van der Waals surface area contributed by atoms with Gasteiger partial charge in [0.1, 0.15) is 36.2 Å². The van der Waals surface area contributed by atoms with Crippen LogP contribution >= 0.6 is 7.82 Å². The second-order valence-electron chi connectivity index (χ2n) is 9.64. The van der Waals surface area contributed by atoms with Crippen LogP contribution in [-0.2, 0) is 28.7 Å². The van der Waals surface area contributed by atoms with E-state index in [1.165, 1.54) is 61.9 Å². The average Bonchev–Trinajstić information content (AvgIpc) is 3.46. The predicted octanol–water partition coefficient (Wildman–Crippen LogP) is 2.83. The Morgan fingerprint density at radius 3 is 2.49 bits per heavy atom. The maximum atomic E-state index is 12.3. The zero-order valence-corrected chi connectivity index (χ0v) is 23.2. The number of ether oxygens (including phenoxy) is 2. The van der Waals surface area contributed by atoms with Crippen molar-refractivity contribution in [2.45, 2.75) is 88.6 Å². The van der Waals surface area contributed by atoms with Crippen molar-refractivity contribution in [2.75, 3.05) is 32.2 Å². The van der Waals surface area contributed by atoms with Gasteiger partial charge in [0.15, 0.2) is 5.82 Å². The standard InChI is InChI=1S/C25H40N5O8P/c1-2-3-4-5-6-7-8-9-10-13-35-14-15-36-39(33,34)37-16-20-22(31)23(32)25(17-26,38-20)21-12-11-19-24(27)28-18-29-30(19)21/h11-12,18,20,22-23,31-32H,2-10,13-16H2,1H3,(H,33,34)(H2,27,28,29)/t20-,22-,23-,25+/m1/s1. The molecule has 3 rings (SSSR count). The van der Waals surface area contributed by atoms with E-state index in [4.69, 9.17) is 24.3 Å². The van der Waals surface area contributed by atoms with Crippen LogP contribution in [0.4, 0.5) is 5.82 Å². The number of aliphatic hydroxyl groups excluding tert-OH is 2. The molecule has 1 fully saturated rings. The molecule has 39 heavy (non-hydrogen) atoms. The highest BCUT2D eigenvalue weighted by Crippen LogP contribution is 2.46. The number of nitriles is 1. The number of hydrogen-bond donors (Lipinski definition) is 4. The molecule has 13 nitrogen and oxygen atoms in total. The van der Waals surface area contributed by atoms with Crippen molar-refractivity contribution in [1.82, 2.24) is 14.6 Å². The lowest BCUT2D eigenvalue weighted by Gasteiger charge is -2.24. The second-order valence-corrected chi connectivity index (χ2v) is 11.1. The molecule has 1 saturated heterocycles. The Kier molecular flexibility index (Phi) is 12.1. The normalized spacial score (nSPS) is 24.6. The van der Waals surface area contributed by atoms with E-state index in [2.05, 4.69) is 17.0 Å². The fourth-order valence-electron chi connectivity index (χ4n) is 4.58. The minimum atomic E-state index is -4.51. The molecule has 14 heteroatoms. The van der Waals surface area contributed by atoms with Crippen LogP contribution in [0.1, 0.15) is 70.4 Å². The maximum Gasteiger partial charge on any atom is 0.472 e. The van der Waals surface area contributed by atoms with Crippen molar-refractivity contribution in [3.63, 3.8) is 0 Å². The third-order valence-electron chi connectivity index (χ3n) is 6.76. The number of aliphatic hydroxyl groups is 2. The Morgan fingerprint density at radius 2 is 1.79 bits per heavy atom. The molecule has 1 unspecified atom stereocenters. The smallest absolute Gasteiger partial charge is 0.387 e. The van der Waals surface area contributed by atoms with Crippen LogP contribution < -0.4 is 5.73 Å². The van der Waals surface area contributed by atoms with Crippen LogP contribution in [0.3, 0.4) is 0 Å². The first kappa shape index (κ1) is 31.4. The van der Waals surface area contributed by atoms with E-state index in [0.717, 1.165) is 12.8 Å². The van der Waals surface area contributed by atoms with E-state index in [9.17, 15) is 24.9 Å². The third-order valence-corrected chi connectivity index (χ3v) is 7.75. The van der Waals surface area contributed by atoms with Crippen LogP contribution in [0.5, 0.6) is 0 Å². The molecule has 0 spiro atoms. The summed E-state index contributed by atoms with van der Waals surface area (Å²) in [5.74, 6) is 0.146. The fraction of sp³-hybridized carbons (Fsp3) is 0.720. The lowest BCUT2D eigenvalue weighted by molar-refractivity contribution is -0.0646. The molecule has 0 saturated carbocycles. The predicted molar refractivity (Wildman–Crippen MR) is 141 cm³/mol. The third kappa shape index (κ3) is 8.19. The Balaban J connectivity index is 1.39. The van der Waals surface area contributed by atoms with Gasteiger partial charge >= 0.3 is 7.82 Å². The number of unbranched alkanes of at least 4 members (excludes halogenated alkanes) is 8. The van der Waals surface area contributed by atoms with Crippen molar-refractivity contribution >= 4 is 19.2 Å². The first-order valence-electron chi connectivity index (χ1n) is 13.5. The van der Waals surface area contributed by atoms with E-state index < -0.39 is 38.3 Å². The SMILES string of the molecule is CCCCCCCCCCCOCCOP(=O)(O)OC[C@H]1O[C@@](C#N)(c2ccc3c(N)ncnn23)[C@H](O)[C@@H]1O. The molecule has 5 N–H and O–H groups in total. The number of anilines is 1. The summed E-state index contributed by atoms with van der Waals surface area (Å²) in [6, 6.07) is 4.90. The molecule has 0 aliphatic carbocycles. The van der Waals surface area contributed by atoms with E-state index in [1.54, 1.807) is 6.07 Å². The van der Waals surface area contributed by atoms with E-state index in [1.807, 2.05) is 6.07 Å². The lowest BCUT2D eigenvalue weighted by atomic mass is 9.92. The molecule has 3 heterocycles. The van der Waals surface area contributed by atoms with Gasteiger partial charge in [0.2, 0.25) is 5.60 Å². The van der Waals surface area contributed by atoms with Gasteiger partial charge in [-0.15, -0.1) is 0 Å². The van der Waals surface area contributed by atoms with Crippen molar-refractivity contribution in [1.29, 1.82) is 5.26 Å². The molecule has 0 bridgehead atoms. The van der Waals surface area contributed by atoms with Gasteiger partial charge in [-0.1, -0.05) is 58.3 Å². The largest absolute Gasteiger partial charge is 0.472 e. The Hall–Kier alpha value is -2.14. The van der Waals surface area contributed by atoms with Crippen LogP contribution in [0.25, 0.3) is 5.52 Å². The van der Waals surface area contributed by atoms with E-state index in [-0.39, 0.29) is 24.7 Å². The van der Waals surface area contributed by atoms with Crippen LogP contribution in [0.2, 0.25) is 0 Å². The maximum absolute atomic E-state index is 12.3. The summed E-state index contributed by atoms with van der Waals surface area (Å²) in [4.78, 5) is 13.9. The Labute approximate surface area is 228 Å². The summed E-state index contributed by atoms with van der Waals surface area (Å²) in [7, 11) is -4.51. The summed E-state index contributed by atoms with van der Waals surface area (Å²) in [6.45, 7) is 2.09. The lowest BCUT2D eigenvalue weighted by Crippen LogP contribution is -2.41. The van der Waals surface area contributed by atoms with Gasteiger partial charge in [0, 0.05) is 6.61 Å². The molecule has 218 valence electrons. The number of nitrogens with two attached hydrogens (primary N) is 1. The van der Waals surface area contributed by atoms with E-state index in [0.29, 0.717) is 12.1 Å². The van der Waals surface area contributed by atoms with Gasteiger partial charge in [0.25, 0.3) is 0 Å². The summed E-state index contributed by atoms with van der Waals surface area (Å²) in [6.07, 6.45) is 7.39. The summed E-state index contributed by atoms with van der Waals surface area (Å²) < 4.78 is 34.6. The molecule has 5 atom stereocenters. The van der Waals surface area contributed by atoms with Crippen molar-refractivity contribution in [3.05, 3.63) is 24.2 Å². The van der Waals surface area contributed by atoms with Gasteiger partial charge in [-0.2, -0.15) is 10.4 Å². The molecule has 2 aromatic heterocycles. The van der Waals surface area contributed by atoms with E-state index >= 15 is 0 Å². The van der Waals surface area contributed by atoms with Gasteiger partial charge in [0.05, 0.1) is 25.5 Å². The fourth-order valence-corrected chi connectivity index (χ4v) is 5.30. The van der Waals surface area contributed by atoms with Crippen molar-refractivity contribution < 1.29 is 38.2 Å².